The largest absolute Gasteiger partial charge is 0.366 e. The molecule has 140 valence electrons. The molecule has 4 heteroatoms. The van der Waals surface area contributed by atoms with Crippen molar-refractivity contribution in [3.63, 3.8) is 0 Å². The first-order valence-electron chi connectivity index (χ1n) is 9.23. The van der Waals surface area contributed by atoms with Gasteiger partial charge in [-0.25, -0.2) is 9.37 Å². The number of rotatable bonds is 6. The highest BCUT2D eigenvalue weighted by Crippen LogP contribution is 2.37. The molecule has 0 unspecified atom stereocenters. The van der Waals surface area contributed by atoms with Crippen molar-refractivity contribution >= 4 is 16.8 Å². The molecule has 0 fully saturated rings. The zero-order valence-electron chi connectivity index (χ0n) is 16.0. The molecule has 0 radical (unpaired) electrons. The first kappa shape index (κ1) is 19.0. The van der Waals surface area contributed by atoms with Crippen LogP contribution in [0.25, 0.3) is 10.9 Å². The van der Waals surface area contributed by atoms with Gasteiger partial charge in [0.25, 0.3) is 5.91 Å². The molecule has 2 aromatic carbocycles. The molecular formula is C23H25FN2O. The van der Waals surface area contributed by atoms with Crippen LogP contribution in [0.1, 0.15) is 48.8 Å². The van der Waals surface area contributed by atoms with E-state index in [0.717, 1.165) is 12.0 Å². The van der Waals surface area contributed by atoms with Gasteiger partial charge >= 0.3 is 0 Å². The van der Waals surface area contributed by atoms with Crippen LogP contribution in [0.2, 0.25) is 0 Å². The molecule has 0 bridgehead atoms. The molecule has 3 aromatic rings. The second-order valence-electron chi connectivity index (χ2n) is 7.88. The molecule has 1 amide bonds. The smallest absolute Gasteiger partial charge is 0.250 e. The molecule has 0 aliphatic carbocycles. The molecule has 1 aromatic heterocycles. The Bertz CT molecular complexity index is 969. The number of para-hydroxylation sites is 1. The summed E-state index contributed by atoms with van der Waals surface area (Å²) in [4.78, 5) is 16.9. The number of hydrogen-bond donors (Lipinski definition) is 1. The molecule has 1 atom stereocenters. The third kappa shape index (κ3) is 4.00. The summed E-state index contributed by atoms with van der Waals surface area (Å²) in [5.74, 6) is -0.555. The normalized spacial score (nSPS) is 13.7. The van der Waals surface area contributed by atoms with E-state index in [0.29, 0.717) is 29.0 Å². The van der Waals surface area contributed by atoms with Gasteiger partial charge in [-0.3, -0.25) is 4.79 Å². The molecule has 3 nitrogen and oxygen atoms in total. The number of benzene rings is 2. The fourth-order valence-corrected chi connectivity index (χ4v) is 4.01. The number of hydrogen-bond acceptors (Lipinski definition) is 2. The number of nitrogens with two attached hydrogens (primary N) is 1. The van der Waals surface area contributed by atoms with Crippen LogP contribution < -0.4 is 5.73 Å². The van der Waals surface area contributed by atoms with E-state index in [1.165, 1.54) is 6.07 Å². The maximum atomic E-state index is 14.4. The maximum absolute atomic E-state index is 14.4. The van der Waals surface area contributed by atoms with Crippen molar-refractivity contribution < 1.29 is 9.18 Å². The van der Waals surface area contributed by atoms with Gasteiger partial charge in [-0.2, -0.15) is 0 Å². The minimum Gasteiger partial charge on any atom is -0.366 e. The average Bonchev–Trinajstić information content (AvgIpc) is 2.61. The lowest BCUT2D eigenvalue weighted by atomic mass is 9.72. The van der Waals surface area contributed by atoms with Crippen LogP contribution in [0.15, 0.2) is 54.6 Å². The van der Waals surface area contributed by atoms with Crippen molar-refractivity contribution in [2.24, 2.45) is 11.7 Å². The monoisotopic (exact) mass is 364 g/mol. The lowest BCUT2D eigenvalue weighted by Crippen LogP contribution is -2.32. The van der Waals surface area contributed by atoms with Crippen molar-refractivity contribution in [3.8, 4) is 0 Å². The Morgan fingerprint density at radius 1 is 1.15 bits per heavy atom. The molecule has 0 spiro atoms. The minimum atomic E-state index is -0.535. The number of amides is 1. The Morgan fingerprint density at radius 2 is 1.85 bits per heavy atom. The van der Waals surface area contributed by atoms with Gasteiger partial charge in [0.15, 0.2) is 0 Å². The molecule has 27 heavy (non-hydrogen) atoms. The number of halogens is 1. The van der Waals surface area contributed by atoms with Gasteiger partial charge in [-0.1, -0.05) is 63.2 Å². The van der Waals surface area contributed by atoms with E-state index >= 15 is 0 Å². The van der Waals surface area contributed by atoms with Crippen LogP contribution in [0.3, 0.4) is 0 Å². The topological polar surface area (TPSA) is 56.0 Å². The molecular weight excluding hydrogens is 339 g/mol. The molecule has 0 aliphatic rings. The Kier molecular flexibility index (Phi) is 5.26. The Labute approximate surface area is 159 Å². The molecule has 2 N–H and O–H groups in total. The number of pyridine rings is 1. The predicted octanol–water partition coefficient (Wildman–Crippen LogP) is 5.02. The second-order valence-corrected chi connectivity index (χ2v) is 7.88. The van der Waals surface area contributed by atoms with Crippen molar-refractivity contribution in [1.29, 1.82) is 0 Å². The SMILES string of the molecule is CC(C)C[C@](C)(Cc1ccccc1)c1nc2c(F)cccc2cc1C(N)=O. The first-order valence-corrected chi connectivity index (χ1v) is 9.23. The second kappa shape index (κ2) is 7.47. The zero-order chi connectivity index (χ0) is 19.6. The van der Waals surface area contributed by atoms with Gasteiger partial charge in [0.2, 0.25) is 0 Å². The van der Waals surface area contributed by atoms with Gasteiger partial charge in [0, 0.05) is 10.8 Å². The van der Waals surface area contributed by atoms with Crippen LogP contribution >= 0.6 is 0 Å². The van der Waals surface area contributed by atoms with E-state index in [1.54, 1.807) is 18.2 Å². The fraction of sp³-hybridized carbons (Fsp3) is 0.304. The summed E-state index contributed by atoms with van der Waals surface area (Å²) in [5, 5.41) is 0.583. The summed E-state index contributed by atoms with van der Waals surface area (Å²) < 4.78 is 14.4. The summed E-state index contributed by atoms with van der Waals surface area (Å²) in [5.41, 5.74) is 7.61. The molecule has 0 saturated carbocycles. The predicted molar refractivity (Wildman–Crippen MR) is 107 cm³/mol. The van der Waals surface area contributed by atoms with Crippen molar-refractivity contribution in [3.05, 3.63) is 77.2 Å². The van der Waals surface area contributed by atoms with E-state index in [-0.39, 0.29) is 5.52 Å². The summed E-state index contributed by atoms with van der Waals surface area (Å²) >= 11 is 0. The van der Waals surface area contributed by atoms with Gasteiger partial charge < -0.3 is 5.73 Å². The van der Waals surface area contributed by atoms with Gasteiger partial charge in [-0.05, 0) is 36.5 Å². The number of carbonyl (C=O) groups excluding carboxylic acids is 1. The van der Waals surface area contributed by atoms with Crippen LogP contribution in [-0.2, 0) is 11.8 Å². The third-order valence-electron chi connectivity index (χ3n) is 4.93. The lowest BCUT2D eigenvalue weighted by molar-refractivity contribution is 0.0996. The number of primary amides is 1. The van der Waals surface area contributed by atoms with Crippen LogP contribution in [0, 0.1) is 11.7 Å². The van der Waals surface area contributed by atoms with E-state index in [2.05, 4.69) is 37.9 Å². The standard InChI is InChI=1S/C23H25FN2O/c1-15(2)13-23(3,14-16-8-5-4-6-9-16)21-18(22(25)27)12-17-10-7-11-19(24)20(17)26-21/h4-12,15H,13-14H2,1-3H3,(H2,25,27)/t23-/m1/s1. The fourth-order valence-electron chi connectivity index (χ4n) is 4.01. The highest BCUT2D eigenvalue weighted by atomic mass is 19.1. The van der Waals surface area contributed by atoms with E-state index in [9.17, 15) is 9.18 Å². The highest BCUT2D eigenvalue weighted by molar-refractivity contribution is 5.98. The zero-order valence-corrected chi connectivity index (χ0v) is 16.0. The maximum Gasteiger partial charge on any atom is 0.250 e. The van der Waals surface area contributed by atoms with Crippen LogP contribution in [-0.4, -0.2) is 10.9 Å². The van der Waals surface area contributed by atoms with Crippen molar-refractivity contribution in [1.82, 2.24) is 4.98 Å². The number of aromatic nitrogens is 1. The lowest BCUT2D eigenvalue weighted by Gasteiger charge is -2.33. The summed E-state index contributed by atoms with van der Waals surface area (Å²) in [6.07, 6.45) is 1.49. The quantitative estimate of drug-likeness (QED) is 0.668. The van der Waals surface area contributed by atoms with E-state index in [4.69, 9.17) is 5.73 Å². The molecule has 0 aliphatic heterocycles. The number of carbonyl (C=O) groups is 1. The molecule has 0 saturated heterocycles. The van der Waals surface area contributed by atoms with E-state index in [1.807, 2.05) is 18.2 Å². The minimum absolute atomic E-state index is 0.278. The summed E-state index contributed by atoms with van der Waals surface area (Å²) in [6.45, 7) is 6.35. The van der Waals surface area contributed by atoms with Gasteiger partial charge in [0.1, 0.15) is 11.3 Å². The highest BCUT2D eigenvalue weighted by Gasteiger charge is 2.34. The Morgan fingerprint density at radius 3 is 2.48 bits per heavy atom. The Balaban J connectivity index is 2.23. The third-order valence-corrected chi connectivity index (χ3v) is 4.93. The van der Waals surface area contributed by atoms with Crippen molar-refractivity contribution in [2.75, 3.05) is 0 Å². The van der Waals surface area contributed by atoms with E-state index < -0.39 is 17.1 Å². The average molecular weight is 364 g/mol. The van der Waals surface area contributed by atoms with Gasteiger partial charge in [0.05, 0.1) is 11.3 Å². The molecule has 3 rings (SSSR count). The summed E-state index contributed by atoms with van der Waals surface area (Å²) in [7, 11) is 0. The number of nitrogens with zero attached hydrogens (tertiary/aromatic N) is 1. The number of fused-ring (bicyclic) bond motifs is 1. The van der Waals surface area contributed by atoms with Gasteiger partial charge in [-0.15, -0.1) is 0 Å². The Hall–Kier alpha value is -2.75. The summed E-state index contributed by atoms with van der Waals surface area (Å²) in [6, 6.07) is 16.5. The van der Waals surface area contributed by atoms with Crippen LogP contribution in [0.5, 0.6) is 0 Å². The molecule has 1 heterocycles. The van der Waals surface area contributed by atoms with Crippen molar-refractivity contribution in [2.45, 2.75) is 39.0 Å². The van der Waals surface area contributed by atoms with Crippen LogP contribution in [0.4, 0.5) is 4.39 Å². The first-order chi connectivity index (χ1) is 12.8.